The molecule has 1 aromatic rings. The molecule has 1 atom stereocenters. The van der Waals surface area contributed by atoms with Gasteiger partial charge in [0.2, 0.25) is 0 Å². The summed E-state index contributed by atoms with van der Waals surface area (Å²) in [5.41, 5.74) is 2.79. The quantitative estimate of drug-likeness (QED) is 0.903. The van der Waals surface area contributed by atoms with Gasteiger partial charge in [0.15, 0.2) is 0 Å². The predicted molar refractivity (Wildman–Crippen MR) is 80.4 cm³/mol. The first-order valence-electron chi connectivity index (χ1n) is 6.70. The first-order valence-corrected chi connectivity index (χ1v) is 6.70. The summed E-state index contributed by atoms with van der Waals surface area (Å²) in [5, 5.41) is 3.30. The van der Waals surface area contributed by atoms with Crippen LogP contribution in [-0.4, -0.2) is 31.6 Å². The lowest BCUT2D eigenvalue weighted by atomic mass is 9.97. The number of likely N-dealkylation sites (tertiary alicyclic amines) is 1. The Morgan fingerprint density at radius 1 is 1.28 bits per heavy atom. The van der Waals surface area contributed by atoms with Crippen molar-refractivity contribution >= 4 is 12.4 Å². The molecule has 2 nitrogen and oxygen atoms in total. The highest BCUT2D eigenvalue weighted by Crippen LogP contribution is 2.18. The van der Waals surface area contributed by atoms with Gasteiger partial charge < -0.3 is 5.32 Å². The number of nitrogens with one attached hydrogen (secondary N) is 1. The highest BCUT2D eigenvalue weighted by atomic mass is 35.5. The molecule has 0 radical (unpaired) electrons. The van der Waals surface area contributed by atoms with Crippen molar-refractivity contribution < 1.29 is 0 Å². The summed E-state index contributed by atoms with van der Waals surface area (Å²) in [5.74, 6) is 0.833. The van der Waals surface area contributed by atoms with Gasteiger partial charge in [-0.15, -0.1) is 12.4 Å². The molecule has 1 aliphatic heterocycles. The Bertz CT molecular complexity index is 335. The fourth-order valence-corrected chi connectivity index (χ4v) is 2.70. The molecule has 18 heavy (non-hydrogen) atoms. The van der Waals surface area contributed by atoms with Crippen LogP contribution in [0.1, 0.15) is 24.0 Å². The molecule has 0 bridgehead atoms. The van der Waals surface area contributed by atoms with Gasteiger partial charge >= 0.3 is 0 Å². The van der Waals surface area contributed by atoms with Crippen molar-refractivity contribution in [1.82, 2.24) is 10.2 Å². The van der Waals surface area contributed by atoms with Crippen molar-refractivity contribution in [2.75, 3.05) is 26.7 Å². The maximum absolute atomic E-state index is 3.30. The number of aryl methyl sites for hydroxylation is 1. The number of rotatable bonds is 4. The van der Waals surface area contributed by atoms with E-state index in [2.05, 4.69) is 48.5 Å². The van der Waals surface area contributed by atoms with Crippen LogP contribution in [0.2, 0.25) is 0 Å². The maximum atomic E-state index is 3.30. The minimum atomic E-state index is 0. The number of nitrogens with zero attached hydrogens (tertiary/aromatic N) is 1. The van der Waals surface area contributed by atoms with E-state index in [0.717, 1.165) is 19.0 Å². The second-order valence-corrected chi connectivity index (χ2v) is 5.29. The van der Waals surface area contributed by atoms with Crippen LogP contribution in [0.15, 0.2) is 24.3 Å². The van der Waals surface area contributed by atoms with Gasteiger partial charge in [0.1, 0.15) is 0 Å². The van der Waals surface area contributed by atoms with E-state index in [9.17, 15) is 0 Å². The van der Waals surface area contributed by atoms with Crippen LogP contribution in [-0.2, 0) is 6.54 Å². The van der Waals surface area contributed by atoms with Gasteiger partial charge in [0, 0.05) is 13.1 Å². The molecule has 3 heteroatoms. The average molecular weight is 269 g/mol. The predicted octanol–water partition coefficient (Wildman–Crippen LogP) is 2.85. The van der Waals surface area contributed by atoms with Crippen LogP contribution in [0.25, 0.3) is 0 Å². The normalized spacial score (nSPS) is 20.4. The van der Waals surface area contributed by atoms with Crippen molar-refractivity contribution in [3.05, 3.63) is 35.4 Å². The van der Waals surface area contributed by atoms with E-state index >= 15 is 0 Å². The summed E-state index contributed by atoms with van der Waals surface area (Å²) in [4.78, 5) is 2.59. The van der Waals surface area contributed by atoms with Crippen molar-refractivity contribution in [1.29, 1.82) is 0 Å². The van der Waals surface area contributed by atoms with Crippen molar-refractivity contribution in [2.45, 2.75) is 26.3 Å². The zero-order valence-electron chi connectivity index (χ0n) is 11.5. The third-order valence-corrected chi connectivity index (χ3v) is 3.62. The van der Waals surface area contributed by atoms with Gasteiger partial charge in [-0.25, -0.2) is 0 Å². The molecule has 1 saturated heterocycles. The first kappa shape index (κ1) is 15.5. The highest BCUT2D eigenvalue weighted by Gasteiger charge is 2.18. The summed E-state index contributed by atoms with van der Waals surface area (Å²) in [6.07, 6.45) is 2.73. The molecule has 2 rings (SSSR count). The Balaban J connectivity index is 0.00000162. The third kappa shape index (κ3) is 4.60. The molecule has 1 aliphatic rings. The second-order valence-electron chi connectivity index (χ2n) is 5.29. The SMILES string of the molecule is CNCC1CCCN(Cc2ccc(C)cc2)C1.Cl. The van der Waals surface area contributed by atoms with Crippen LogP contribution in [0.3, 0.4) is 0 Å². The summed E-state index contributed by atoms with van der Waals surface area (Å²) < 4.78 is 0. The number of halogens is 1. The molecule has 0 amide bonds. The smallest absolute Gasteiger partial charge is 0.0233 e. The van der Waals surface area contributed by atoms with E-state index in [-0.39, 0.29) is 12.4 Å². The average Bonchev–Trinajstić information content (AvgIpc) is 2.33. The highest BCUT2D eigenvalue weighted by molar-refractivity contribution is 5.85. The Hall–Kier alpha value is -0.570. The van der Waals surface area contributed by atoms with Gasteiger partial charge in [-0.3, -0.25) is 4.90 Å². The molecule has 1 fully saturated rings. The van der Waals surface area contributed by atoms with Gasteiger partial charge in [-0.05, 0) is 51.4 Å². The molecule has 0 aliphatic carbocycles. The lowest BCUT2D eigenvalue weighted by Gasteiger charge is -2.32. The summed E-state index contributed by atoms with van der Waals surface area (Å²) in [6.45, 7) is 6.92. The van der Waals surface area contributed by atoms with Crippen LogP contribution in [0.4, 0.5) is 0 Å². The van der Waals surface area contributed by atoms with Crippen molar-refractivity contribution in [3.63, 3.8) is 0 Å². The topological polar surface area (TPSA) is 15.3 Å². The van der Waals surface area contributed by atoms with Gasteiger partial charge in [-0.1, -0.05) is 29.8 Å². The fourth-order valence-electron chi connectivity index (χ4n) is 2.70. The van der Waals surface area contributed by atoms with E-state index < -0.39 is 0 Å². The number of piperidine rings is 1. The van der Waals surface area contributed by atoms with E-state index in [1.54, 1.807) is 0 Å². The zero-order valence-corrected chi connectivity index (χ0v) is 12.3. The van der Waals surface area contributed by atoms with Crippen LogP contribution < -0.4 is 5.32 Å². The minimum absolute atomic E-state index is 0. The molecule has 1 N–H and O–H groups in total. The van der Waals surface area contributed by atoms with Crippen LogP contribution >= 0.6 is 12.4 Å². The van der Waals surface area contributed by atoms with Crippen LogP contribution in [0.5, 0.6) is 0 Å². The lowest BCUT2D eigenvalue weighted by molar-refractivity contribution is 0.167. The van der Waals surface area contributed by atoms with E-state index in [1.807, 2.05) is 0 Å². The van der Waals surface area contributed by atoms with E-state index in [4.69, 9.17) is 0 Å². The molecule has 1 unspecified atom stereocenters. The fraction of sp³-hybridized carbons (Fsp3) is 0.600. The number of hydrogen-bond donors (Lipinski definition) is 1. The third-order valence-electron chi connectivity index (χ3n) is 3.62. The molecule has 1 heterocycles. The van der Waals surface area contributed by atoms with Crippen LogP contribution in [0, 0.1) is 12.8 Å². The Kier molecular flexibility index (Phi) is 6.69. The lowest BCUT2D eigenvalue weighted by Crippen LogP contribution is -2.38. The Morgan fingerprint density at radius 3 is 2.67 bits per heavy atom. The molecular weight excluding hydrogens is 244 g/mol. The Labute approximate surface area is 117 Å². The van der Waals surface area contributed by atoms with Gasteiger partial charge in [0.05, 0.1) is 0 Å². The first-order chi connectivity index (χ1) is 8.28. The maximum Gasteiger partial charge on any atom is 0.0233 e. The summed E-state index contributed by atoms with van der Waals surface area (Å²) >= 11 is 0. The summed E-state index contributed by atoms with van der Waals surface area (Å²) in [7, 11) is 2.05. The zero-order chi connectivity index (χ0) is 12.1. The second kappa shape index (κ2) is 7.78. The molecule has 0 saturated carbocycles. The molecule has 102 valence electrons. The van der Waals surface area contributed by atoms with E-state index in [0.29, 0.717) is 0 Å². The summed E-state index contributed by atoms with van der Waals surface area (Å²) in [6, 6.07) is 8.95. The van der Waals surface area contributed by atoms with Gasteiger partial charge in [-0.2, -0.15) is 0 Å². The molecule has 0 aromatic heterocycles. The Morgan fingerprint density at radius 2 is 2.00 bits per heavy atom. The monoisotopic (exact) mass is 268 g/mol. The van der Waals surface area contributed by atoms with Crippen molar-refractivity contribution in [2.24, 2.45) is 5.92 Å². The largest absolute Gasteiger partial charge is 0.319 e. The van der Waals surface area contributed by atoms with E-state index in [1.165, 1.54) is 37.1 Å². The molecule has 1 aromatic carbocycles. The number of hydrogen-bond acceptors (Lipinski definition) is 2. The van der Waals surface area contributed by atoms with Gasteiger partial charge in [0.25, 0.3) is 0 Å². The van der Waals surface area contributed by atoms with Crippen molar-refractivity contribution in [3.8, 4) is 0 Å². The molecular formula is C15H25ClN2. The standard InChI is InChI=1S/C15H24N2.ClH/c1-13-5-7-14(8-6-13)11-17-9-3-4-15(12-17)10-16-2;/h5-8,15-16H,3-4,9-12H2,1-2H3;1H. The number of benzene rings is 1. The minimum Gasteiger partial charge on any atom is -0.319 e. The molecule has 0 spiro atoms.